The fraction of sp³-hybridized carbons (Fsp3) is 0.708. The lowest BCUT2D eigenvalue weighted by molar-refractivity contribution is -0.146. The van der Waals surface area contributed by atoms with Crippen molar-refractivity contribution in [2.45, 2.75) is 82.8 Å². The molecule has 1 aromatic rings. The van der Waals surface area contributed by atoms with Gasteiger partial charge in [-0.05, 0) is 63.1 Å². The Morgan fingerprint density at radius 1 is 1.18 bits per heavy atom. The van der Waals surface area contributed by atoms with Crippen LogP contribution in [-0.2, 0) is 16.1 Å². The Morgan fingerprint density at radius 3 is 2.58 bits per heavy atom. The van der Waals surface area contributed by atoms with Crippen LogP contribution in [-0.4, -0.2) is 46.9 Å². The molecule has 2 heterocycles. The lowest BCUT2D eigenvalue weighted by Gasteiger charge is -2.38. The summed E-state index contributed by atoms with van der Waals surface area (Å²) in [7, 11) is 1.88. The number of nitrogens with two attached hydrogens (primary N) is 1. The van der Waals surface area contributed by atoms with E-state index in [9.17, 15) is 9.59 Å². The fourth-order valence-electron chi connectivity index (χ4n) is 5.80. The quantitative estimate of drug-likeness (QED) is 0.533. The van der Waals surface area contributed by atoms with E-state index in [1.165, 1.54) is 32.1 Å². The number of amides is 2. The Balaban J connectivity index is 0.00000193. The topological polar surface area (TPSA) is 100 Å². The van der Waals surface area contributed by atoms with Crippen LogP contribution in [0, 0.1) is 18.8 Å². The number of nitrogens with zero attached hydrogens (tertiary/aromatic N) is 2. The van der Waals surface area contributed by atoms with Gasteiger partial charge in [-0.2, -0.15) is 0 Å². The molecule has 1 aliphatic heterocycles. The number of anilines is 1. The highest BCUT2D eigenvalue weighted by Gasteiger charge is 2.66. The van der Waals surface area contributed by atoms with Crippen LogP contribution in [0.5, 0.6) is 0 Å². The van der Waals surface area contributed by atoms with E-state index in [1.807, 2.05) is 24.9 Å². The zero-order valence-corrected chi connectivity index (χ0v) is 21.4. The van der Waals surface area contributed by atoms with Crippen molar-refractivity contribution < 1.29 is 9.59 Å². The van der Waals surface area contributed by atoms with Gasteiger partial charge < -0.3 is 21.3 Å². The molecule has 9 heteroatoms. The number of halogens is 2. The van der Waals surface area contributed by atoms with E-state index in [4.69, 9.17) is 5.73 Å². The number of pyridine rings is 1. The standard InChI is InChI=1S/C24H37N5O2.2ClH/c1-16-18(10-11-21(25)28-16)15-27-23(31)24-14-19(24)9-6-12-29(24)22(30)20(26-2)13-17-7-4-3-5-8-17;;/h10-11,17,19-20,26H,3-9,12-15H2,1-2H3,(H2,25,28)(H,27,31);2*1H/t19-,20-,24+;;/m1../s1. The molecule has 1 saturated heterocycles. The Hall–Kier alpha value is -1.57. The highest BCUT2D eigenvalue weighted by atomic mass is 35.5. The molecule has 33 heavy (non-hydrogen) atoms. The second-order valence-electron chi connectivity index (χ2n) is 9.70. The molecule has 0 aromatic carbocycles. The van der Waals surface area contributed by atoms with Crippen molar-refractivity contribution in [1.29, 1.82) is 0 Å². The normalized spacial score (nSPS) is 25.2. The first-order chi connectivity index (χ1) is 15.0. The average Bonchev–Trinajstić information content (AvgIpc) is 3.53. The van der Waals surface area contributed by atoms with Crippen LogP contribution < -0.4 is 16.4 Å². The van der Waals surface area contributed by atoms with Gasteiger partial charge in [-0.25, -0.2) is 4.98 Å². The number of hydrogen-bond donors (Lipinski definition) is 3. The molecule has 0 radical (unpaired) electrons. The molecule has 4 N–H and O–H groups in total. The smallest absolute Gasteiger partial charge is 0.246 e. The molecule has 1 aromatic heterocycles. The van der Waals surface area contributed by atoms with E-state index in [0.717, 1.165) is 36.9 Å². The lowest BCUT2D eigenvalue weighted by atomic mass is 9.84. The summed E-state index contributed by atoms with van der Waals surface area (Å²) in [5, 5.41) is 6.37. The highest BCUT2D eigenvalue weighted by Crippen LogP contribution is 2.54. The third-order valence-corrected chi connectivity index (χ3v) is 7.74. The van der Waals surface area contributed by atoms with Crippen molar-refractivity contribution in [3.8, 4) is 0 Å². The van der Waals surface area contributed by atoms with E-state index in [2.05, 4.69) is 15.6 Å². The zero-order chi connectivity index (χ0) is 22.0. The van der Waals surface area contributed by atoms with Gasteiger partial charge >= 0.3 is 0 Å². The minimum Gasteiger partial charge on any atom is -0.384 e. The monoisotopic (exact) mass is 499 g/mol. The number of aryl methyl sites for hydroxylation is 1. The van der Waals surface area contributed by atoms with E-state index in [-0.39, 0.29) is 48.6 Å². The summed E-state index contributed by atoms with van der Waals surface area (Å²) in [4.78, 5) is 33.1. The number of likely N-dealkylation sites (N-methyl/N-ethyl adjacent to an activating group) is 1. The number of hydrogen-bond acceptors (Lipinski definition) is 5. The summed E-state index contributed by atoms with van der Waals surface area (Å²) >= 11 is 0. The average molecular weight is 501 g/mol. The molecular formula is C24H39Cl2N5O2. The summed E-state index contributed by atoms with van der Waals surface area (Å²) in [5.74, 6) is 1.46. The van der Waals surface area contributed by atoms with Gasteiger partial charge in [-0.15, -0.1) is 24.8 Å². The summed E-state index contributed by atoms with van der Waals surface area (Å²) in [6, 6.07) is 3.47. The molecule has 2 saturated carbocycles. The van der Waals surface area contributed by atoms with Crippen molar-refractivity contribution in [2.24, 2.45) is 11.8 Å². The van der Waals surface area contributed by atoms with Gasteiger partial charge in [0.15, 0.2) is 0 Å². The molecule has 0 unspecified atom stereocenters. The number of likely N-dealkylation sites (tertiary alicyclic amines) is 1. The SMILES string of the molecule is CN[C@H](CC1CCCCC1)C(=O)N1CCC[C@@H]2C[C@@]21C(=O)NCc1ccc(N)nc1C.Cl.Cl. The summed E-state index contributed by atoms with van der Waals surface area (Å²) in [5.41, 5.74) is 6.86. The Labute approximate surface area is 209 Å². The first-order valence-electron chi connectivity index (χ1n) is 11.9. The maximum absolute atomic E-state index is 13.6. The van der Waals surface area contributed by atoms with Crippen molar-refractivity contribution >= 4 is 42.4 Å². The van der Waals surface area contributed by atoms with Crippen LogP contribution in [0.25, 0.3) is 0 Å². The van der Waals surface area contributed by atoms with Crippen molar-refractivity contribution in [3.63, 3.8) is 0 Å². The number of nitrogens with one attached hydrogen (secondary N) is 2. The number of carbonyl (C=O) groups is 2. The van der Waals surface area contributed by atoms with E-state index in [0.29, 0.717) is 24.8 Å². The Morgan fingerprint density at radius 2 is 1.91 bits per heavy atom. The lowest BCUT2D eigenvalue weighted by Crippen LogP contribution is -2.59. The number of rotatable bonds is 7. The molecule has 3 aliphatic rings. The number of nitrogen functional groups attached to an aromatic ring is 1. The molecule has 3 atom stereocenters. The number of carbonyl (C=O) groups excluding carboxylic acids is 2. The first-order valence-corrected chi connectivity index (χ1v) is 11.9. The van der Waals surface area contributed by atoms with Gasteiger partial charge in [-0.1, -0.05) is 38.2 Å². The minimum atomic E-state index is -0.661. The molecular weight excluding hydrogens is 461 g/mol. The van der Waals surface area contributed by atoms with Crippen LogP contribution in [0.3, 0.4) is 0 Å². The molecule has 2 amide bonds. The third kappa shape index (κ3) is 5.75. The van der Waals surface area contributed by atoms with Crippen LogP contribution in [0.4, 0.5) is 5.82 Å². The van der Waals surface area contributed by atoms with Crippen molar-refractivity contribution in [3.05, 3.63) is 23.4 Å². The Bertz CT molecular complexity index is 833. The Kier molecular flexibility index (Phi) is 9.82. The molecule has 186 valence electrons. The van der Waals surface area contributed by atoms with E-state index < -0.39 is 5.54 Å². The highest BCUT2D eigenvalue weighted by molar-refractivity contribution is 5.96. The number of fused-ring (bicyclic) bond motifs is 1. The van der Waals surface area contributed by atoms with Crippen LogP contribution in [0.15, 0.2) is 12.1 Å². The van der Waals surface area contributed by atoms with Crippen LogP contribution in [0.1, 0.15) is 69.0 Å². The van der Waals surface area contributed by atoms with E-state index in [1.54, 1.807) is 6.07 Å². The summed E-state index contributed by atoms with van der Waals surface area (Å²) in [6.45, 7) is 2.98. The van der Waals surface area contributed by atoms with Crippen LogP contribution >= 0.6 is 24.8 Å². The molecule has 7 nitrogen and oxygen atoms in total. The first kappa shape index (κ1) is 27.7. The van der Waals surface area contributed by atoms with Gasteiger partial charge in [-0.3, -0.25) is 9.59 Å². The maximum Gasteiger partial charge on any atom is 0.246 e. The second-order valence-corrected chi connectivity index (χ2v) is 9.70. The number of aromatic nitrogens is 1. The van der Waals surface area contributed by atoms with Gasteiger partial charge in [0, 0.05) is 18.8 Å². The molecule has 3 fully saturated rings. The van der Waals surface area contributed by atoms with Gasteiger partial charge in [0.2, 0.25) is 11.8 Å². The predicted molar refractivity (Wildman–Crippen MR) is 136 cm³/mol. The van der Waals surface area contributed by atoms with Crippen molar-refractivity contribution in [1.82, 2.24) is 20.5 Å². The molecule has 0 spiro atoms. The summed E-state index contributed by atoms with van der Waals surface area (Å²) < 4.78 is 0. The third-order valence-electron chi connectivity index (χ3n) is 7.74. The van der Waals surface area contributed by atoms with Gasteiger partial charge in [0.25, 0.3) is 0 Å². The molecule has 0 bridgehead atoms. The second kappa shape index (κ2) is 11.7. The molecule has 2 aliphatic carbocycles. The minimum absolute atomic E-state index is 0. The van der Waals surface area contributed by atoms with Crippen molar-refractivity contribution in [2.75, 3.05) is 19.3 Å². The largest absolute Gasteiger partial charge is 0.384 e. The van der Waals surface area contributed by atoms with Gasteiger partial charge in [0.05, 0.1) is 6.04 Å². The maximum atomic E-state index is 13.6. The molecule has 4 rings (SSSR count). The predicted octanol–water partition coefficient (Wildman–Crippen LogP) is 3.37. The summed E-state index contributed by atoms with van der Waals surface area (Å²) in [6.07, 6.45) is 9.95. The fourth-order valence-corrected chi connectivity index (χ4v) is 5.80. The number of piperidine rings is 1. The zero-order valence-electron chi connectivity index (χ0n) is 19.8. The van der Waals surface area contributed by atoms with E-state index >= 15 is 0 Å². The van der Waals surface area contributed by atoms with Gasteiger partial charge in [0.1, 0.15) is 11.4 Å². The van der Waals surface area contributed by atoms with Crippen LogP contribution in [0.2, 0.25) is 0 Å².